The molecule has 0 saturated heterocycles. The first-order valence-corrected chi connectivity index (χ1v) is 4.48. The van der Waals surface area contributed by atoms with E-state index in [0.717, 1.165) is 0 Å². The summed E-state index contributed by atoms with van der Waals surface area (Å²) in [6.45, 7) is -0.750. The lowest BCUT2D eigenvalue weighted by molar-refractivity contribution is -0.164. The quantitative estimate of drug-likeness (QED) is 0.694. The van der Waals surface area contributed by atoms with Gasteiger partial charge in [0.05, 0.1) is 6.61 Å². The molecule has 0 radical (unpaired) electrons. The topological polar surface area (TPSA) is 66.6 Å². The maximum Gasteiger partial charge on any atom is 0.406 e. The van der Waals surface area contributed by atoms with Crippen LogP contribution in [0.15, 0.2) is 0 Å². The van der Waals surface area contributed by atoms with E-state index in [4.69, 9.17) is 10.8 Å². The predicted octanol–water partition coefficient (Wildman–Crippen LogP) is -0.0356. The lowest BCUT2D eigenvalue weighted by Gasteiger charge is -2.25. The van der Waals surface area contributed by atoms with Gasteiger partial charge in [0.25, 0.3) is 0 Å². The van der Waals surface area contributed by atoms with Gasteiger partial charge in [0.1, 0.15) is 6.54 Å². The van der Waals surface area contributed by atoms with Crippen LogP contribution in [0.3, 0.4) is 0 Å². The number of aliphatic hydroxyl groups is 1. The summed E-state index contributed by atoms with van der Waals surface area (Å²) in [5.74, 6) is -1.36. The molecule has 0 aliphatic heterocycles. The second-order valence-electron chi connectivity index (χ2n) is 3.24. The summed E-state index contributed by atoms with van der Waals surface area (Å²) in [5, 5.41) is 8.54. The van der Waals surface area contributed by atoms with Gasteiger partial charge >= 0.3 is 6.18 Å². The van der Waals surface area contributed by atoms with Crippen LogP contribution in [0.25, 0.3) is 0 Å². The fourth-order valence-corrected chi connectivity index (χ4v) is 1.02. The minimum atomic E-state index is -4.46. The van der Waals surface area contributed by atoms with Gasteiger partial charge in [-0.05, 0) is 0 Å². The van der Waals surface area contributed by atoms with Crippen LogP contribution in [0.5, 0.6) is 0 Å². The van der Waals surface area contributed by atoms with Crippen molar-refractivity contribution in [3.05, 3.63) is 0 Å². The average Bonchev–Trinajstić information content (AvgIpc) is 2.13. The number of nitrogens with two attached hydrogens (primary N) is 1. The molecular formula is C8H15F3N2O2. The normalized spacial score (nSPS) is 13.7. The van der Waals surface area contributed by atoms with Crippen molar-refractivity contribution in [3.8, 4) is 0 Å². The van der Waals surface area contributed by atoms with Gasteiger partial charge in [-0.3, -0.25) is 4.79 Å². The lowest BCUT2D eigenvalue weighted by Crippen LogP contribution is -2.44. The minimum absolute atomic E-state index is 0.0153. The van der Waals surface area contributed by atoms with Crippen molar-refractivity contribution in [2.24, 2.45) is 11.7 Å². The zero-order valence-electron chi connectivity index (χ0n) is 8.42. The molecule has 0 bridgehead atoms. The van der Waals surface area contributed by atoms with Gasteiger partial charge in [-0.15, -0.1) is 0 Å². The van der Waals surface area contributed by atoms with E-state index in [1.54, 1.807) is 0 Å². The highest BCUT2D eigenvalue weighted by atomic mass is 19.4. The van der Waals surface area contributed by atoms with Crippen LogP contribution in [-0.4, -0.2) is 48.3 Å². The number of rotatable bonds is 5. The van der Waals surface area contributed by atoms with E-state index in [-0.39, 0.29) is 13.1 Å². The summed E-state index contributed by atoms with van der Waals surface area (Å²) in [4.78, 5) is 11.9. The van der Waals surface area contributed by atoms with Crippen molar-refractivity contribution in [2.45, 2.75) is 13.1 Å². The summed E-state index contributed by atoms with van der Waals surface area (Å²) >= 11 is 0. The van der Waals surface area contributed by atoms with E-state index in [9.17, 15) is 18.0 Å². The SMILES string of the molecule is CC(CN)C(=O)N(CCO)CC(F)(F)F. The Morgan fingerprint density at radius 3 is 2.40 bits per heavy atom. The first-order chi connectivity index (χ1) is 6.81. The van der Waals surface area contributed by atoms with Gasteiger partial charge < -0.3 is 15.7 Å². The van der Waals surface area contributed by atoms with Crippen molar-refractivity contribution in [3.63, 3.8) is 0 Å². The average molecular weight is 228 g/mol. The van der Waals surface area contributed by atoms with Crippen molar-refractivity contribution in [2.75, 3.05) is 26.2 Å². The van der Waals surface area contributed by atoms with Crippen LogP contribution in [0.2, 0.25) is 0 Å². The number of carbonyl (C=O) groups excluding carboxylic acids is 1. The van der Waals surface area contributed by atoms with E-state index in [1.165, 1.54) is 6.92 Å². The molecule has 0 spiro atoms. The predicted molar refractivity (Wildman–Crippen MR) is 47.9 cm³/mol. The Balaban J connectivity index is 4.45. The molecule has 0 aromatic heterocycles. The maximum atomic E-state index is 12.0. The van der Waals surface area contributed by atoms with Gasteiger partial charge in [0.15, 0.2) is 0 Å². The van der Waals surface area contributed by atoms with Gasteiger partial charge in [-0.2, -0.15) is 13.2 Å². The number of amides is 1. The van der Waals surface area contributed by atoms with E-state index in [2.05, 4.69) is 0 Å². The van der Waals surface area contributed by atoms with E-state index < -0.39 is 31.2 Å². The molecule has 0 aliphatic rings. The fourth-order valence-electron chi connectivity index (χ4n) is 1.02. The number of halogens is 3. The summed E-state index contributed by atoms with van der Waals surface area (Å²) < 4.78 is 36.1. The molecular weight excluding hydrogens is 213 g/mol. The van der Waals surface area contributed by atoms with Gasteiger partial charge in [0.2, 0.25) is 5.91 Å². The first kappa shape index (κ1) is 14.2. The fraction of sp³-hybridized carbons (Fsp3) is 0.875. The molecule has 0 saturated carbocycles. The molecule has 0 aromatic rings. The van der Waals surface area contributed by atoms with Crippen molar-refractivity contribution in [1.82, 2.24) is 4.90 Å². The zero-order valence-corrected chi connectivity index (χ0v) is 8.42. The number of carbonyl (C=O) groups is 1. The van der Waals surface area contributed by atoms with Crippen LogP contribution in [-0.2, 0) is 4.79 Å². The van der Waals surface area contributed by atoms with Gasteiger partial charge in [0, 0.05) is 19.0 Å². The second kappa shape index (κ2) is 5.92. The summed E-state index contributed by atoms with van der Waals surface area (Å²) in [7, 11) is 0. The molecule has 3 N–H and O–H groups in total. The molecule has 0 rings (SSSR count). The minimum Gasteiger partial charge on any atom is -0.395 e. The molecule has 4 nitrogen and oxygen atoms in total. The van der Waals surface area contributed by atoms with Crippen molar-refractivity contribution < 1.29 is 23.1 Å². The molecule has 7 heteroatoms. The van der Waals surface area contributed by atoms with Crippen LogP contribution < -0.4 is 5.73 Å². The molecule has 0 aromatic carbocycles. The Kier molecular flexibility index (Phi) is 5.59. The van der Waals surface area contributed by atoms with Crippen LogP contribution in [0.4, 0.5) is 13.2 Å². The van der Waals surface area contributed by atoms with E-state index >= 15 is 0 Å². The molecule has 1 unspecified atom stereocenters. The largest absolute Gasteiger partial charge is 0.406 e. The Morgan fingerprint density at radius 2 is 2.07 bits per heavy atom. The smallest absolute Gasteiger partial charge is 0.395 e. The highest BCUT2D eigenvalue weighted by Gasteiger charge is 2.33. The first-order valence-electron chi connectivity index (χ1n) is 4.48. The van der Waals surface area contributed by atoms with Crippen LogP contribution in [0.1, 0.15) is 6.92 Å². The van der Waals surface area contributed by atoms with Crippen LogP contribution >= 0.6 is 0 Å². The zero-order chi connectivity index (χ0) is 12.1. The Labute approximate surface area is 85.8 Å². The molecule has 0 aliphatic carbocycles. The third-order valence-electron chi connectivity index (χ3n) is 1.83. The monoisotopic (exact) mass is 228 g/mol. The Morgan fingerprint density at radius 1 is 1.53 bits per heavy atom. The third-order valence-corrected chi connectivity index (χ3v) is 1.83. The third kappa shape index (κ3) is 5.58. The molecule has 0 fully saturated rings. The molecule has 1 atom stereocenters. The molecule has 15 heavy (non-hydrogen) atoms. The summed E-state index contributed by atoms with van der Waals surface area (Å²) in [5.41, 5.74) is 5.18. The van der Waals surface area contributed by atoms with E-state index in [0.29, 0.717) is 4.90 Å². The van der Waals surface area contributed by atoms with Gasteiger partial charge in [-0.25, -0.2) is 0 Å². The van der Waals surface area contributed by atoms with E-state index in [1.807, 2.05) is 0 Å². The van der Waals surface area contributed by atoms with Crippen molar-refractivity contribution >= 4 is 5.91 Å². The van der Waals surface area contributed by atoms with Crippen molar-refractivity contribution in [1.29, 1.82) is 0 Å². The number of nitrogens with zero attached hydrogens (tertiary/aromatic N) is 1. The Hall–Kier alpha value is -0.820. The second-order valence-corrected chi connectivity index (χ2v) is 3.24. The van der Waals surface area contributed by atoms with Crippen LogP contribution in [0, 0.1) is 5.92 Å². The highest BCUT2D eigenvalue weighted by Crippen LogP contribution is 2.17. The summed E-state index contributed by atoms with van der Waals surface area (Å²) in [6.07, 6.45) is -4.46. The number of alkyl halides is 3. The molecule has 1 amide bonds. The number of hydrogen-bond acceptors (Lipinski definition) is 3. The lowest BCUT2D eigenvalue weighted by atomic mass is 10.1. The number of hydrogen-bond donors (Lipinski definition) is 2. The molecule has 0 heterocycles. The maximum absolute atomic E-state index is 12.0. The summed E-state index contributed by atoms with van der Waals surface area (Å²) in [6, 6.07) is 0. The number of aliphatic hydroxyl groups excluding tert-OH is 1. The Bertz CT molecular complexity index is 209. The highest BCUT2D eigenvalue weighted by molar-refractivity contribution is 5.78. The standard InChI is InChI=1S/C8H15F3N2O2/c1-6(4-12)7(15)13(2-3-14)5-8(9,10)11/h6,14H,2-5,12H2,1H3. The molecule has 90 valence electrons. The van der Waals surface area contributed by atoms with Gasteiger partial charge in [-0.1, -0.05) is 6.92 Å².